The number of aromatic nitrogens is 2. The molecule has 5 heteroatoms. The number of nitrogens with zero attached hydrogens (tertiary/aromatic N) is 2. The van der Waals surface area contributed by atoms with Crippen molar-refractivity contribution in [2.75, 3.05) is 11.6 Å². The molecule has 3 rings (SSSR count). The molecule has 2 heterocycles. The van der Waals surface area contributed by atoms with Crippen molar-refractivity contribution in [3.63, 3.8) is 0 Å². The van der Waals surface area contributed by atoms with Crippen molar-refractivity contribution in [2.24, 2.45) is 0 Å². The first kappa shape index (κ1) is 14.7. The summed E-state index contributed by atoms with van der Waals surface area (Å²) in [6.07, 6.45) is 3.86. The molecule has 112 valence electrons. The Balaban J connectivity index is 1.85. The summed E-state index contributed by atoms with van der Waals surface area (Å²) >= 11 is 1.70. The van der Waals surface area contributed by atoms with Gasteiger partial charge in [-0.15, -0.1) is 11.8 Å². The Labute approximate surface area is 133 Å². The second-order valence-electron chi connectivity index (χ2n) is 5.11. The van der Waals surface area contributed by atoms with E-state index in [1.807, 2.05) is 43.6 Å². The largest absolute Gasteiger partial charge is 0.379 e. The zero-order valence-corrected chi connectivity index (χ0v) is 13.4. The van der Waals surface area contributed by atoms with Crippen molar-refractivity contribution in [2.45, 2.75) is 18.4 Å². The monoisotopic (exact) mass is 311 g/mol. The van der Waals surface area contributed by atoms with Gasteiger partial charge in [0.15, 0.2) is 0 Å². The first-order chi connectivity index (χ1) is 10.7. The van der Waals surface area contributed by atoms with E-state index in [-0.39, 0.29) is 5.56 Å². The van der Waals surface area contributed by atoms with E-state index in [1.165, 1.54) is 4.90 Å². The minimum Gasteiger partial charge on any atom is -0.379 e. The van der Waals surface area contributed by atoms with Crippen LogP contribution in [0.15, 0.2) is 58.4 Å². The molecular formula is C17H17N3OS. The van der Waals surface area contributed by atoms with Crippen LogP contribution in [-0.4, -0.2) is 15.6 Å². The number of aryl methyl sites for hydroxylation is 1. The number of rotatable bonds is 4. The summed E-state index contributed by atoms with van der Waals surface area (Å²) in [4.78, 5) is 17.9. The van der Waals surface area contributed by atoms with Gasteiger partial charge in [0.2, 0.25) is 0 Å². The smallest absolute Gasteiger partial charge is 0.258 e. The molecule has 1 N–H and O–H groups in total. The second-order valence-corrected chi connectivity index (χ2v) is 5.99. The van der Waals surface area contributed by atoms with Gasteiger partial charge in [0.05, 0.1) is 12.2 Å². The lowest BCUT2D eigenvalue weighted by Crippen LogP contribution is -2.17. The van der Waals surface area contributed by atoms with Crippen LogP contribution in [0.2, 0.25) is 0 Å². The van der Waals surface area contributed by atoms with E-state index in [9.17, 15) is 4.79 Å². The topological polar surface area (TPSA) is 46.4 Å². The van der Waals surface area contributed by atoms with Crippen LogP contribution in [0.3, 0.4) is 0 Å². The number of anilines is 1. The molecule has 0 fully saturated rings. The zero-order chi connectivity index (χ0) is 15.5. The van der Waals surface area contributed by atoms with E-state index in [2.05, 4.69) is 22.4 Å². The normalized spacial score (nSPS) is 10.8. The molecule has 0 amide bonds. The number of thioether (sulfide) groups is 1. The van der Waals surface area contributed by atoms with Gasteiger partial charge in [-0.1, -0.05) is 12.1 Å². The SMILES string of the molecule is CSc1cccc(NCc2cc(=O)n3cc(C)ccc3n2)c1. The van der Waals surface area contributed by atoms with E-state index in [0.717, 1.165) is 16.9 Å². The van der Waals surface area contributed by atoms with Crippen molar-refractivity contribution in [1.82, 2.24) is 9.38 Å². The third-order valence-corrected chi connectivity index (χ3v) is 4.13. The van der Waals surface area contributed by atoms with Crippen LogP contribution in [0.1, 0.15) is 11.3 Å². The molecule has 3 aromatic rings. The molecule has 0 radical (unpaired) electrons. The Morgan fingerprint density at radius 3 is 2.91 bits per heavy atom. The summed E-state index contributed by atoms with van der Waals surface area (Å²) in [5, 5.41) is 3.31. The van der Waals surface area contributed by atoms with Gasteiger partial charge in [-0.3, -0.25) is 9.20 Å². The number of pyridine rings is 1. The van der Waals surface area contributed by atoms with Crippen molar-refractivity contribution in [1.29, 1.82) is 0 Å². The van der Waals surface area contributed by atoms with Crippen molar-refractivity contribution in [3.05, 3.63) is 70.3 Å². The van der Waals surface area contributed by atoms with E-state index < -0.39 is 0 Å². The zero-order valence-electron chi connectivity index (χ0n) is 12.5. The Bertz CT molecular complexity index is 873. The first-order valence-electron chi connectivity index (χ1n) is 7.02. The predicted molar refractivity (Wildman–Crippen MR) is 91.7 cm³/mol. The lowest BCUT2D eigenvalue weighted by molar-refractivity contribution is 0.965. The second kappa shape index (κ2) is 6.23. The summed E-state index contributed by atoms with van der Waals surface area (Å²) in [6.45, 7) is 2.48. The van der Waals surface area contributed by atoms with Crippen LogP contribution in [0.4, 0.5) is 5.69 Å². The maximum absolute atomic E-state index is 12.2. The maximum Gasteiger partial charge on any atom is 0.258 e. The fourth-order valence-electron chi connectivity index (χ4n) is 2.27. The average Bonchev–Trinajstić information content (AvgIpc) is 2.54. The molecule has 0 atom stereocenters. The van der Waals surface area contributed by atoms with Crippen LogP contribution in [0.25, 0.3) is 5.65 Å². The molecule has 0 saturated heterocycles. The third-order valence-electron chi connectivity index (χ3n) is 3.40. The van der Waals surface area contributed by atoms with Crippen LogP contribution < -0.4 is 10.9 Å². The summed E-state index contributed by atoms with van der Waals surface area (Å²) in [6, 6.07) is 13.6. The van der Waals surface area contributed by atoms with Crippen LogP contribution in [0, 0.1) is 6.92 Å². The molecule has 0 aliphatic carbocycles. The molecular weight excluding hydrogens is 294 g/mol. The minimum atomic E-state index is -0.0524. The van der Waals surface area contributed by atoms with Crippen molar-refractivity contribution < 1.29 is 0 Å². The van der Waals surface area contributed by atoms with Crippen molar-refractivity contribution >= 4 is 23.1 Å². The standard InChI is InChI=1S/C17H17N3OS/c1-12-6-7-16-19-14(9-17(21)20(16)11-12)10-18-13-4-3-5-15(8-13)22-2/h3-9,11,18H,10H2,1-2H3. The Morgan fingerprint density at radius 2 is 2.09 bits per heavy atom. The Hall–Kier alpha value is -2.27. The highest BCUT2D eigenvalue weighted by molar-refractivity contribution is 7.98. The number of nitrogens with one attached hydrogen (secondary N) is 1. The average molecular weight is 311 g/mol. The van der Waals surface area contributed by atoms with E-state index >= 15 is 0 Å². The van der Waals surface area contributed by atoms with Crippen LogP contribution in [0.5, 0.6) is 0 Å². The lowest BCUT2D eigenvalue weighted by Gasteiger charge is -2.08. The number of benzene rings is 1. The lowest BCUT2D eigenvalue weighted by atomic mass is 10.3. The summed E-state index contributed by atoms with van der Waals surface area (Å²) in [5.74, 6) is 0. The Morgan fingerprint density at radius 1 is 1.23 bits per heavy atom. The number of hydrogen-bond donors (Lipinski definition) is 1. The number of hydrogen-bond acceptors (Lipinski definition) is 4. The molecule has 0 aliphatic heterocycles. The predicted octanol–water partition coefficient (Wildman–Crippen LogP) is 3.34. The maximum atomic E-state index is 12.2. The highest BCUT2D eigenvalue weighted by Crippen LogP contribution is 2.19. The molecule has 1 aromatic carbocycles. The van der Waals surface area contributed by atoms with Gasteiger partial charge in [-0.05, 0) is 43.0 Å². The van der Waals surface area contributed by atoms with Gasteiger partial charge in [-0.2, -0.15) is 0 Å². The summed E-state index contributed by atoms with van der Waals surface area (Å²) < 4.78 is 1.58. The minimum absolute atomic E-state index is 0.0524. The molecule has 0 spiro atoms. The molecule has 2 aromatic heterocycles. The molecule has 0 aliphatic rings. The van der Waals surface area contributed by atoms with Crippen LogP contribution in [-0.2, 0) is 6.54 Å². The van der Waals surface area contributed by atoms with Gasteiger partial charge in [0, 0.05) is 22.8 Å². The van der Waals surface area contributed by atoms with E-state index in [4.69, 9.17) is 0 Å². The van der Waals surface area contributed by atoms with E-state index in [0.29, 0.717) is 12.2 Å². The van der Waals surface area contributed by atoms with Gasteiger partial charge in [-0.25, -0.2) is 4.98 Å². The quantitative estimate of drug-likeness (QED) is 0.751. The highest BCUT2D eigenvalue weighted by atomic mass is 32.2. The Kier molecular flexibility index (Phi) is 4.15. The summed E-state index contributed by atoms with van der Waals surface area (Å²) in [7, 11) is 0. The fraction of sp³-hybridized carbons (Fsp3) is 0.176. The third kappa shape index (κ3) is 3.14. The molecule has 0 unspecified atom stereocenters. The van der Waals surface area contributed by atoms with Gasteiger partial charge < -0.3 is 5.32 Å². The fourth-order valence-corrected chi connectivity index (χ4v) is 2.73. The highest BCUT2D eigenvalue weighted by Gasteiger charge is 2.03. The molecule has 0 saturated carbocycles. The molecule has 4 nitrogen and oxygen atoms in total. The van der Waals surface area contributed by atoms with Crippen molar-refractivity contribution in [3.8, 4) is 0 Å². The molecule has 22 heavy (non-hydrogen) atoms. The molecule has 0 bridgehead atoms. The van der Waals surface area contributed by atoms with Gasteiger partial charge >= 0.3 is 0 Å². The van der Waals surface area contributed by atoms with Crippen LogP contribution >= 0.6 is 11.8 Å². The van der Waals surface area contributed by atoms with E-state index in [1.54, 1.807) is 22.2 Å². The number of fused-ring (bicyclic) bond motifs is 1. The summed E-state index contributed by atoms with van der Waals surface area (Å²) in [5.41, 5.74) is 3.42. The first-order valence-corrected chi connectivity index (χ1v) is 8.25. The van der Waals surface area contributed by atoms with Gasteiger partial charge in [0.1, 0.15) is 5.65 Å². The van der Waals surface area contributed by atoms with Gasteiger partial charge in [0.25, 0.3) is 5.56 Å².